The molecule has 0 saturated heterocycles. The summed E-state index contributed by atoms with van der Waals surface area (Å²) >= 11 is 0. The number of carbonyl (C=O) groups excluding carboxylic acids is 1. The first-order valence-corrected chi connectivity index (χ1v) is 7.55. The van der Waals surface area contributed by atoms with Crippen LogP contribution in [0.1, 0.15) is 46.0 Å². The summed E-state index contributed by atoms with van der Waals surface area (Å²) in [6, 6.07) is 9.51. The molecule has 1 N–H and O–H groups in total. The fourth-order valence-corrected chi connectivity index (χ4v) is 2.68. The van der Waals surface area contributed by atoms with Crippen LogP contribution in [0.4, 0.5) is 5.69 Å². The van der Waals surface area contributed by atoms with Crippen molar-refractivity contribution in [2.75, 3.05) is 5.32 Å². The average molecular weight is 286 g/mol. The van der Waals surface area contributed by atoms with Crippen LogP contribution in [0.2, 0.25) is 0 Å². The molecule has 0 heterocycles. The van der Waals surface area contributed by atoms with Gasteiger partial charge in [-0.25, -0.2) is 0 Å². The van der Waals surface area contributed by atoms with E-state index >= 15 is 0 Å². The van der Waals surface area contributed by atoms with Crippen molar-refractivity contribution in [1.29, 1.82) is 5.26 Å². The molecule has 4 heteroatoms. The van der Waals surface area contributed by atoms with E-state index in [0.717, 1.165) is 25.0 Å². The molecule has 1 amide bonds. The van der Waals surface area contributed by atoms with Crippen molar-refractivity contribution in [1.82, 2.24) is 0 Å². The molecule has 1 aromatic carbocycles. The number of ether oxygens (including phenoxy) is 1. The van der Waals surface area contributed by atoms with Crippen molar-refractivity contribution < 1.29 is 9.53 Å². The van der Waals surface area contributed by atoms with Gasteiger partial charge in [-0.2, -0.15) is 5.26 Å². The fraction of sp³-hybridized carbons (Fsp3) is 0.529. The molecule has 0 unspecified atom stereocenters. The zero-order valence-electron chi connectivity index (χ0n) is 12.7. The van der Waals surface area contributed by atoms with Crippen molar-refractivity contribution >= 4 is 11.6 Å². The first-order chi connectivity index (χ1) is 10.1. The van der Waals surface area contributed by atoms with E-state index in [1.165, 1.54) is 0 Å². The zero-order chi connectivity index (χ0) is 15.3. The predicted octanol–water partition coefficient (Wildman–Crippen LogP) is 3.89. The number of amides is 1. The highest BCUT2D eigenvalue weighted by Gasteiger charge is 2.39. The van der Waals surface area contributed by atoms with Crippen molar-refractivity contribution in [3.8, 4) is 11.8 Å². The minimum atomic E-state index is -0.856. The molecule has 0 aliphatic heterocycles. The second-order valence-corrected chi connectivity index (χ2v) is 5.90. The molecule has 1 aliphatic rings. The van der Waals surface area contributed by atoms with Crippen LogP contribution in [0.3, 0.4) is 0 Å². The summed E-state index contributed by atoms with van der Waals surface area (Å²) in [6.07, 6.45) is 4.44. The minimum Gasteiger partial charge on any atom is -0.491 e. The van der Waals surface area contributed by atoms with Crippen LogP contribution in [0, 0.1) is 16.7 Å². The highest BCUT2D eigenvalue weighted by molar-refractivity contribution is 5.97. The molecule has 4 nitrogen and oxygen atoms in total. The molecule has 1 saturated carbocycles. The summed E-state index contributed by atoms with van der Waals surface area (Å²) in [5.74, 6) is 0.595. The lowest BCUT2D eigenvalue weighted by Gasteiger charge is -2.29. The topological polar surface area (TPSA) is 62.1 Å². The van der Waals surface area contributed by atoms with Gasteiger partial charge in [0.1, 0.15) is 11.2 Å². The third-order valence-corrected chi connectivity index (χ3v) is 3.84. The van der Waals surface area contributed by atoms with Crippen LogP contribution in [0.25, 0.3) is 0 Å². The van der Waals surface area contributed by atoms with Crippen LogP contribution in [-0.2, 0) is 4.79 Å². The molecule has 0 atom stereocenters. The number of benzene rings is 1. The molecule has 1 fully saturated rings. The van der Waals surface area contributed by atoms with Crippen molar-refractivity contribution in [3.63, 3.8) is 0 Å². The Kier molecular flexibility index (Phi) is 4.85. The summed E-state index contributed by atoms with van der Waals surface area (Å²) in [4.78, 5) is 12.4. The lowest BCUT2D eigenvalue weighted by Crippen LogP contribution is -2.36. The molecular formula is C17H22N2O2. The number of anilines is 1. The smallest absolute Gasteiger partial charge is 0.244 e. The lowest BCUT2D eigenvalue weighted by molar-refractivity contribution is -0.124. The first-order valence-electron chi connectivity index (χ1n) is 7.55. The molecule has 21 heavy (non-hydrogen) atoms. The van der Waals surface area contributed by atoms with Crippen LogP contribution in [0.15, 0.2) is 24.3 Å². The Hall–Kier alpha value is -2.02. The number of rotatable bonds is 4. The molecule has 2 rings (SSSR count). The Balaban J connectivity index is 2.03. The first kappa shape index (κ1) is 15.4. The molecule has 1 aliphatic carbocycles. The maximum atomic E-state index is 12.4. The van der Waals surface area contributed by atoms with E-state index in [1.54, 1.807) is 0 Å². The van der Waals surface area contributed by atoms with Gasteiger partial charge in [-0.3, -0.25) is 4.79 Å². The summed E-state index contributed by atoms with van der Waals surface area (Å²) in [6.45, 7) is 3.94. The van der Waals surface area contributed by atoms with Crippen LogP contribution >= 0.6 is 0 Å². The van der Waals surface area contributed by atoms with E-state index in [1.807, 2.05) is 38.1 Å². The minimum absolute atomic E-state index is 0.120. The van der Waals surface area contributed by atoms with Gasteiger partial charge in [0.15, 0.2) is 0 Å². The molecule has 0 radical (unpaired) electrons. The molecule has 0 bridgehead atoms. The third-order valence-electron chi connectivity index (χ3n) is 3.84. The Morgan fingerprint density at radius 2 is 1.86 bits per heavy atom. The van der Waals surface area contributed by atoms with Crippen molar-refractivity contribution in [2.45, 2.75) is 52.1 Å². The van der Waals surface area contributed by atoms with E-state index in [0.29, 0.717) is 18.5 Å². The van der Waals surface area contributed by atoms with Gasteiger partial charge in [-0.05, 0) is 51.0 Å². The normalized spacial score (nSPS) is 17.0. The maximum Gasteiger partial charge on any atom is 0.244 e. The highest BCUT2D eigenvalue weighted by Crippen LogP contribution is 2.36. The predicted molar refractivity (Wildman–Crippen MR) is 82.0 cm³/mol. The second-order valence-electron chi connectivity index (χ2n) is 5.90. The van der Waals surface area contributed by atoms with Crippen LogP contribution < -0.4 is 10.1 Å². The van der Waals surface area contributed by atoms with Gasteiger partial charge in [0.25, 0.3) is 0 Å². The van der Waals surface area contributed by atoms with Crippen LogP contribution in [0.5, 0.6) is 5.75 Å². The summed E-state index contributed by atoms with van der Waals surface area (Å²) in [5.41, 5.74) is -0.151. The number of nitriles is 1. The van der Waals surface area contributed by atoms with E-state index < -0.39 is 5.41 Å². The van der Waals surface area contributed by atoms with Gasteiger partial charge in [0.05, 0.1) is 12.2 Å². The maximum absolute atomic E-state index is 12.4. The SMILES string of the molecule is CC(C)Oc1ccc(NC(=O)C2(C#N)CCCCC2)cc1. The van der Waals surface area contributed by atoms with Gasteiger partial charge in [-0.15, -0.1) is 0 Å². The number of nitrogens with one attached hydrogen (secondary N) is 1. The van der Waals surface area contributed by atoms with Gasteiger partial charge < -0.3 is 10.1 Å². The molecular weight excluding hydrogens is 264 g/mol. The number of hydrogen-bond acceptors (Lipinski definition) is 3. The van der Waals surface area contributed by atoms with Crippen molar-refractivity contribution in [3.05, 3.63) is 24.3 Å². The van der Waals surface area contributed by atoms with Crippen LogP contribution in [-0.4, -0.2) is 12.0 Å². The Morgan fingerprint density at radius 1 is 1.24 bits per heavy atom. The van der Waals surface area contributed by atoms with Gasteiger partial charge >= 0.3 is 0 Å². The molecule has 112 valence electrons. The Morgan fingerprint density at radius 3 is 2.38 bits per heavy atom. The summed E-state index contributed by atoms with van der Waals surface area (Å²) < 4.78 is 5.57. The van der Waals surface area contributed by atoms with E-state index in [4.69, 9.17) is 4.74 Å². The van der Waals surface area contributed by atoms with Crippen molar-refractivity contribution in [2.24, 2.45) is 5.41 Å². The summed E-state index contributed by atoms with van der Waals surface area (Å²) in [5, 5.41) is 12.3. The zero-order valence-corrected chi connectivity index (χ0v) is 12.7. The Bertz CT molecular complexity index is 523. The monoisotopic (exact) mass is 286 g/mol. The molecule has 0 spiro atoms. The average Bonchev–Trinajstić information content (AvgIpc) is 2.49. The third kappa shape index (κ3) is 3.75. The van der Waals surface area contributed by atoms with Gasteiger partial charge in [0, 0.05) is 5.69 Å². The second kappa shape index (κ2) is 6.62. The Labute approximate surface area is 126 Å². The number of carbonyl (C=O) groups is 1. The number of hydrogen-bond donors (Lipinski definition) is 1. The highest BCUT2D eigenvalue weighted by atomic mass is 16.5. The number of nitrogens with zero attached hydrogens (tertiary/aromatic N) is 1. The quantitative estimate of drug-likeness (QED) is 0.913. The van der Waals surface area contributed by atoms with E-state index in [2.05, 4.69) is 11.4 Å². The molecule has 0 aromatic heterocycles. The lowest BCUT2D eigenvalue weighted by atomic mass is 9.74. The molecule has 1 aromatic rings. The van der Waals surface area contributed by atoms with Gasteiger partial charge in [0.2, 0.25) is 5.91 Å². The standard InChI is InChI=1S/C17H22N2O2/c1-13(2)21-15-8-6-14(7-9-15)19-16(20)17(12-18)10-4-3-5-11-17/h6-9,13H,3-5,10-11H2,1-2H3,(H,19,20). The largest absolute Gasteiger partial charge is 0.491 e. The van der Waals surface area contributed by atoms with E-state index in [-0.39, 0.29) is 12.0 Å². The van der Waals surface area contributed by atoms with E-state index in [9.17, 15) is 10.1 Å². The summed E-state index contributed by atoms with van der Waals surface area (Å²) in [7, 11) is 0. The van der Waals surface area contributed by atoms with Gasteiger partial charge in [-0.1, -0.05) is 19.3 Å². The fourth-order valence-electron chi connectivity index (χ4n) is 2.68.